The molecule has 1 unspecified atom stereocenters. The molecule has 0 N–H and O–H groups in total. The molecule has 3 aliphatic rings. The van der Waals surface area contributed by atoms with E-state index in [1.165, 1.54) is 32.1 Å². The van der Waals surface area contributed by atoms with Crippen molar-refractivity contribution in [1.82, 2.24) is 0 Å². The van der Waals surface area contributed by atoms with Crippen molar-refractivity contribution in [3.63, 3.8) is 0 Å². The third-order valence-corrected chi connectivity index (χ3v) is 4.21. The van der Waals surface area contributed by atoms with Gasteiger partial charge in [-0.15, -0.1) is 0 Å². The van der Waals surface area contributed by atoms with E-state index >= 15 is 0 Å². The Bertz CT molecular complexity index is 211. The van der Waals surface area contributed by atoms with Gasteiger partial charge in [-0.1, -0.05) is 0 Å². The predicted molar refractivity (Wildman–Crippen MR) is 37.6 cm³/mol. The van der Waals surface area contributed by atoms with Crippen LogP contribution in [0, 0.1) is 10.8 Å². The normalized spacial score (nSPS) is 47.0. The summed E-state index contributed by atoms with van der Waals surface area (Å²) in [7, 11) is 0. The summed E-state index contributed by atoms with van der Waals surface area (Å²) in [6, 6.07) is 0. The zero-order valence-electron chi connectivity index (χ0n) is 6.15. The summed E-state index contributed by atoms with van der Waals surface area (Å²) in [5.41, 5.74) is 0.856. The SMILES string of the molecule is O=C1CCC12CCC21CC1. The van der Waals surface area contributed by atoms with Crippen LogP contribution in [0.15, 0.2) is 0 Å². The average Bonchev–Trinajstić information content (AvgIpc) is 2.62. The largest absolute Gasteiger partial charge is 0.299 e. The van der Waals surface area contributed by atoms with Gasteiger partial charge < -0.3 is 0 Å². The summed E-state index contributed by atoms with van der Waals surface area (Å²) >= 11 is 0. The highest BCUT2D eigenvalue weighted by atomic mass is 16.1. The summed E-state index contributed by atoms with van der Waals surface area (Å²) in [5, 5.41) is 0. The van der Waals surface area contributed by atoms with Gasteiger partial charge >= 0.3 is 0 Å². The molecule has 0 bridgehead atoms. The Hall–Kier alpha value is -0.330. The van der Waals surface area contributed by atoms with Gasteiger partial charge in [0.25, 0.3) is 0 Å². The average molecular weight is 136 g/mol. The van der Waals surface area contributed by atoms with Crippen molar-refractivity contribution in [3.05, 3.63) is 0 Å². The Kier molecular flexibility index (Phi) is 0.637. The number of hydrogen-bond donors (Lipinski definition) is 0. The second-order valence-electron chi connectivity index (χ2n) is 4.29. The predicted octanol–water partition coefficient (Wildman–Crippen LogP) is 1.91. The molecule has 2 spiro atoms. The fourth-order valence-electron chi connectivity index (χ4n) is 3.01. The first-order chi connectivity index (χ1) is 4.79. The molecule has 10 heavy (non-hydrogen) atoms. The Morgan fingerprint density at radius 2 is 1.70 bits per heavy atom. The van der Waals surface area contributed by atoms with Crippen LogP contribution in [-0.4, -0.2) is 5.78 Å². The van der Waals surface area contributed by atoms with Crippen LogP contribution >= 0.6 is 0 Å². The fraction of sp³-hybridized carbons (Fsp3) is 0.889. The lowest BCUT2D eigenvalue weighted by molar-refractivity contribution is -0.157. The smallest absolute Gasteiger partial charge is 0.139 e. The summed E-state index contributed by atoms with van der Waals surface area (Å²) < 4.78 is 0. The lowest BCUT2D eigenvalue weighted by Gasteiger charge is -2.55. The molecule has 3 rings (SSSR count). The third-order valence-electron chi connectivity index (χ3n) is 4.21. The molecule has 0 heterocycles. The number of rotatable bonds is 0. The van der Waals surface area contributed by atoms with Gasteiger partial charge in [0.1, 0.15) is 5.78 Å². The molecule has 1 heteroatoms. The molecule has 0 aromatic carbocycles. The molecule has 1 atom stereocenters. The highest BCUT2D eigenvalue weighted by Gasteiger charge is 2.71. The van der Waals surface area contributed by atoms with Crippen LogP contribution in [-0.2, 0) is 4.79 Å². The molecule has 3 saturated carbocycles. The highest BCUT2D eigenvalue weighted by Crippen LogP contribution is 2.76. The minimum atomic E-state index is 0.271. The van der Waals surface area contributed by atoms with E-state index in [1.54, 1.807) is 0 Å². The van der Waals surface area contributed by atoms with E-state index in [-0.39, 0.29) is 5.41 Å². The monoisotopic (exact) mass is 136 g/mol. The lowest BCUT2D eigenvalue weighted by atomic mass is 9.47. The second kappa shape index (κ2) is 1.19. The number of carbonyl (C=O) groups is 1. The standard InChI is InChI=1S/C9H12O/c10-7-1-2-9(7)6-5-8(9)3-4-8/h1-6H2. The van der Waals surface area contributed by atoms with Gasteiger partial charge in [-0.25, -0.2) is 0 Å². The number of fused-ring (bicyclic) bond motifs is 1. The first kappa shape index (κ1) is 5.34. The van der Waals surface area contributed by atoms with Gasteiger partial charge in [0.2, 0.25) is 0 Å². The third kappa shape index (κ3) is 0.320. The topological polar surface area (TPSA) is 17.1 Å². The Morgan fingerprint density at radius 3 is 1.80 bits per heavy atom. The van der Waals surface area contributed by atoms with Gasteiger partial charge in [-0.05, 0) is 37.5 Å². The highest BCUT2D eigenvalue weighted by molar-refractivity contribution is 5.92. The second-order valence-corrected chi connectivity index (χ2v) is 4.29. The maximum Gasteiger partial charge on any atom is 0.139 e. The van der Waals surface area contributed by atoms with Gasteiger partial charge in [0.05, 0.1) is 0 Å². The van der Waals surface area contributed by atoms with E-state index < -0.39 is 0 Å². The molecule has 0 saturated heterocycles. The van der Waals surface area contributed by atoms with Crippen molar-refractivity contribution in [2.75, 3.05) is 0 Å². The molecule has 0 aromatic rings. The van der Waals surface area contributed by atoms with E-state index in [2.05, 4.69) is 0 Å². The van der Waals surface area contributed by atoms with E-state index in [4.69, 9.17) is 0 Å². The molecule has 0 aromatic heterocycles. The summed E-state index contributed by atoms with van der Waals surface area (Å²) in [5.74, 6) is 0.594. The summed E-state index contributed by atoms with van der Waals surface area (Å²) in [6.45, 7) is 0. The Morgan fingerprint density at radius 1 is 1.00 bits per heavy atom. The minimum absolute atomic E-state index is 0.271. The minimum Gasteiger partial charge on any atom is -0.299 e. The molecule has 1 nitrogen and oxygen atoms in total. The fourth-order valence-corrected chi connectivity index (χ4v) is 3.01. The maximum absolute atomic E-state index is 11.3. The lowest BCUT2D eigenvalue weighted by Crippen LogP contribution is -2.54. The maximum atomic E-state index is 11.3. The van der Waals surface area contributed by atoms with Crippen molar-refractivity contribution in [1.29, 1.82) is 0 Å². The number of ketones is 1. The Labute approximate surface area is 60.8 Å². The van der Waals surface area contributed by atoms with Gasteiger partial charge in [-0.3, -0.25) is 4.79 Å². The molecule has 3 aliphatic carbocycles. The molecule has 54 valence electrons. The molecule has 3 fully saturated rings. The van der Waals surface area contributed by atoms with Crippen LogP contribution in [0.3, 0.4) is 0 Å². The van der Waals surface area contributed by atoms with Crippen LogP contribution in [0.2, 0.25) is 0 Å². The molecular formula is C9H12O. The van der Waals surface area contributed by atoms with Gasteiger partial charge in [0, 0.05) is 11.8 Å². The number of hydrogen-bond acceptors (Lipinski definition) is 1. The van der Waals surface area contributed by atoms with Crippen molar-refractivity contribution in [2.24, 2.45) is 10.8 Å². The molecule has 0 radical (unpaired) electrons. The van der Waals surface area contributed by atoms with Gasteiger partial charge in [0.15, 0.2) is 0 Å². The first-order valence-corrected chi connectivity index (χ1v) is 4.33. The van der Waals surface area contributed by atoms with Crippen LogP contribution in [0.1, 0.15) is 38.5 Å². The molecular weight excluding hydrogens is 124 g/mol. The Balaban J connectivity index is 1.98. The first-order valence-electron chi connectivity index (χ1n) is 4.33. The summed E-state index contributed by atoms with van der Waals surface area (Å²) in [4.78, 5) is 11.3. The zero-order valence-corrected chi connectivity index (χ0v) is 6.15. The quantitative estimate of drug-likeness (QED) is 0.497. The van der Waals surface area contributed by atoms with Crippen molar-refractivity contribution < 1.29 is 4.79 Å². The van der Waals surface area contributed by atoms with E-state index in [0.717, 1.165) is 6.42 Å². The molecule has 0 aliphatic heterocycles. The van der Waals surface area contributed by atoms with Crippen molar-refractivity contribution >= 4 is 5.78 Å². The zero-order chi connectivity index (χ0) is 6.82. The van der Waals surface area contributed by atoms with Crippen molar-refractivity contribution in [3.8, 4) is 0 Å². The van der Waals surface area contributed by atoms with Crippen LogP contribution in [0.4, 0.5) is 0 Å². The number of carbonyl (C=O) groups excluding carboxylic acids is 1. The van der Waals surface area contributed by atoms with E-state index in [1.807, 2.05) is 0 Å². The van der Waals surface area contributed by atoms with Crippen LogP contribution < -0.4 is 0 Å². The molecule has 0 amide bonds. The van der Waals surface area contributed by atoms with Crippen LogP contribution in [0.25, 0.3) is 0 Å². The van der Waals surface area contributed by atoms with E-state index in [0.29, 0.717) is 11.2 Å². The summed E-state index contributed by atoms with van der Waals surface area (Å²) in [6.07, 6.45) is 7.43. The van der Waals surface area contributed by atoms with Gasteiger partial charge in [-0.2, -0.15) is 0 Å². The van der Waals surface area contributed by atoms with Crippen molar-refractivity contribution in [2.45, 2.75) is 38.5 Å². The van der Waals surface area contributed by atoms with E-state index in [9.17, 15) is 4.79 Å². The number of Topliss-reactive ketones (excluding diaryl/α,β-unsaturated/α-hetero) is 1. The van der Waals surface area contributed by atoms with Crippen LogP contribution in [0.5, 0.6) is 0 Å².